The molecular weight excluding hydrogens is 466 g/mol. The van der Waals surface area contributed by atoms with E-state index in [-0.39, 0.29) is 23.2 Å². The van der Waals surface area contributed by atoms with Crippen molar-refractivity contribution in [3.63, 3.8) is 0 Å². The minimum atomic E-state index is -0.176. The van der Waals surface area contributed by atoms with E-state index in [1.165, 1.54) is 18.7 Å². The molecule has 35 heavy (non-hydrogen) atoms. The van der Waals surface area contributed by atoms with Crippen molar-refractivity contribution in [2.75, 3.05) is 37.4 Å². The summed E-state index contributed by atoms with van der Waals surface area (Å²) in [5, 5.41) is 12.7. The highest BCUT2D eigenvalue weighted by atomic mass is 32.2. The highest BCUT2D eigenvalue weighted by molar-refractivity contribution is 7.98. The average Bonchev–Trinajstić information content (AvgIpc) is 2.87. The van der Waals surface area contributed by atoms with Crippen LogP contribution in [0.3, 0.4) is 0 Å². The average molecular weight is 490 g/mol. The van der Waals surface area contributed by atoms with Gasteiger partial charge in [-0.1, -0.05) is 30.0 Å². The molecule has 0 saturated carbocycles. The maximum atomic E-state index is 12.7. The molecule has 4 rings (SSSR count). The number of carbonyl (C=O) groups is 2. The number of hydrogen-bond donors (Lipinski definition) is 2. The Balaban J connectivity index is 1.52. The number of carbonyl (C=O) groups excluding carboxylic acids is 2. The number of nitrogen functional groups attached to an aromatic ring is 1. The van der Waals surface area contributed by atoms with Gasteiger partial charge >= 0.3 is 0 Å². The summed E-state index contributed by atoms with van der Waals surface area (Å²) in [5.74, 6) is 0.195. The lowest BCUT2D eigenvalue weighted by atomic mass is 10.1. The lowest BCUT2D eigenvalue weighted by Crippen LogP contribution is -2.41. The number of rotatable bonds is 6. The predicted molar refractivity (Wildman–Crippen MR) is 131 cm³/mol. The number of hydrogen-bond acceptors (Lipinski definition) is 9. The highest BCUT2D eigenvalue weighted by Crippen LogP contribution is 2.29. The molecule has 0 aliphatic carbocycles. The van der Waals surface area contributed by atoms with E-state index in [2.05, 4.69) is 26.3 Å². The third-order valence-corrected chi connectivity index (χ3v) is 6.06. The second kappa shape index (κ2) is 10.9. The highest BCUT2D eigenvalue weighted by Gasteiger charge is 2.20. The van der Waals surface area contributed by atoms with Crippen LogP contribution >= 0.6 is 11.8 Å². The van der Waals surface area contributed by atoms with Crippen molar-refractivity contribution in [1.29, 1.82) is 5.26 Å². The summed E-state index contributed by atoms with van der Waals surface area (Å²) in [5.41, 5.74) is 9.02. The van der Waals surface area contributed by atoms with Crippen molar-refractivity contribution in [2.45, 2.75) is 17.8 Å². The molecule has 0 radical (unpaired) electrons. The third-order valence-electron chi connectivity index (χ3n) is 5.18. The van der Waals surface area contributed by atoms with Gasteiger partial charge in [0.25, 0.3) is 5.91 Å². The minimum Gasteiger partial charge on any atom is -0.382 e. The van der Waals surface area contributed by atoms with Crippen LogP contribution in [0, 0.1) is 11.3 Å². The first-order valence-electron chi connectivity index (χ1n) is 10.9. The molecule has 3 aromatic rings. The molecule has 2 amide bonds. The number of thioether (sulfide) groups is 1. The predicted octanol–water partition coefficient (Wildman–Crippen LogP) is 2.72. The van der Waals surface area contributed by atoms with Gasteiger partial charge in [0.15, 0.2) is 5.16 Å². The summed E-state index contributed by atoms with van der Waals surface area (Å²) in [6, 6.07) is 14.4. The Morgan fingerprint density at radius 2 is 1.89 bits per heavy atom. The monoisotopic (exact) mass is 489 g/mol. The SMILES string of the molecule is CC(=O)Nc1ccc(-c2nc(SCc3cccc(C(=O)N4CCOCC4)n3)nc(N)c2C#N)cc1. The molecule has 3 N–H and O–H groups in total. The van der Waals surface area contributed by atoms with Crippen molar-refractivity contribution in [3.05, 3.63) is 59.4 Å². The van der Waals surface area contributed by atoms with E-state index in [0.29, 0.717) is 65.5 Å². The summed E-state index contributed by atoms with van der Waals surface area (Å²) < 4.78 is 5.31. The maximum Gasteiger partial charge on any atom is 0.272 e. The van der Waals surface area contributed by atoms with Crippen LogP contribution in [0.4, 0.5) is 11.5 Å². The van der Waals surface area contributed by atoms with Crippen molar-refractivity contribution in [2.24, 2.45) is 0 Å². The van der Waals surface area contributed by atoms with Crippen LogP contribution in [0.5, 0.6) is 0 Å². The third kappa shape index (κ3) is 5.92. The van der Waals surface area contributed by atoms with Crippen LogP contribution < -0.4 is 11.1 Å². The van der Waals surface area contributed by atoms with E-state index in [9.17, 15) is 14.9 Å². The normalized spacial score (nSPS) is 13.2. The molecule has 2 aromatic heterocycles. The number of nitrogens with zero attached hydrogens (tertiary/aromatic N) is 5. The van der Waals surface area contributed by atoms with Crippen LogP contribution in [0.15, 0.2) is 47.6 Å². The Labute approximate surface area is 206 Å². The van der Waals surface area contributed by atoms with E-state index in [1.807, 2.05) is 6.07 Å². The summed E-state index contributed by atoms with van der Waals surface area (Å²) in [7, 11) is 0. The molecule has 178 valence electrons. The van der Waals surface area contributed by atoms with Gasteiger partial charge in [0.05, 0.1) is 24.6 Å². The lowest BCUT2D eigenvalue weighted by Gasteiger charge is -2.26. The number of aromatic nitrogens is 3. The second-order valence-electron chi connectivity index (χ2n) is 7.69. The van der Waals surface area contributed by atoms with Crippen LogP contribution in [0.25, 0.3) is 11.3 Å². The summed E-state index contributed by atoms with van der Waals surface area (Å²) >= 11 is 1.31. The van der Waals surface area contributed by atoms with Gasteiger partial charge in [-0.3, -0.25) is 9.59 Å². The van der Waals surface area contributed by atoms with E-state index < -0.39 is 0 Å². The molecule has 0 atom stereocenters. The van der Waals surface area contributed by atoms with Gasteiger partial charge in [0, 0.05) is 37.0 Å². The van der Waals surface area contributed by atoms with Crippen LogP contribution in [-0.4, -0.2) is 58.0 Å². The fourth-order valence-corrected chi connectivity index (χ4v) is 4.26. The first-order chi connectivity index (χ1) is 16.9. The lowest BCUT2D eigenvalue weighted by molar-refractivity contribution is -0.114. The largest absolute Gasteiger partial charge is 0.382 e. The van der Waals surface area contributed by atoms with Gasteiger partial charge in [0.1, 0.15) is 23.1 Å². The zero-order valence-electron chi connectivity index (χ0n) is 19.0. The van der Waals surface area contributed by atoms with Crippen molar-refractivity contribution in [1.82, 2.24) is 19.9 Å². The van der Waals surface area contributed by atoms with Gasteiger partial charge in [0.2, 0.25) is 5.91 Å². The first-order valence-corrected chi connectivity index (χ1v) is 11.8. The van der Waals surface area contributed by atoms with Gasteiger partial charge in [-0.2, -0.15) is 5.26 Å². The number of anilines is 2. The van der Waals surface area contributed by atoms with Crippen molar-refractivity contribution < 1.29 is 14.3 Å². The van der Waals surface area contributed by atoms with Crippen LogP contribution in [0.1, 0.15) is 28.7 Å². The topological polar surface area (TPSA) is 147 Å². The molecule has 0 spiro atoms. The zero-order chi connectivity index (χ0) is 24.8. The Morgan fingerprint density at radius 1 is 1.14 bits per heavy atom. The summed E-state index contributed by atoms with van der Waals surface area (Å²) in [6.45, 7) is 3.58. The molecule has 10 nitrogen and oxygen atoms in total. The molecule has 11 heteroatoms. The molecule has 1 aromatic carbocycles. The molecular formula is C24H23N7O3S. The quantitative estimate of drug-likeness (QED) is 0.394. The molecule has 0 unspecified atom stereocenters. The fourth-order valence-electron chi connectivity index (χ4n) is 3.50. The maximum absolute atomic E-state index is 12.7. The molecule has 1 aliphatic heterocycles. The number of pyridine rings is 1. The number of benzene rings is 1. The fraction of sp³-hybridized carbons (Fsp3) is 0.250. The Kier molecular flexibility index (Phi) is 7.54. The van der Waals surface area contributed by atoms with Crippen molar-refractivity contribution in [3.8, 4) is 17.3 Å². The first kappa shape index (κ1) is 24.1. The van der Waals surface area contributed by atoms with Crippen LogP contribution in [-0.2, 0) is 15.3 Å². The smallest absolute Gasteiger partial charge is 0.272 e. The van der Waals surface area contributed by atoms with Gasteiger partial charge in [-0.05, 0) is 24.3 Å². The summed E-state index contributed by atoms with van der Waals surface area (Å²) in [6.07, 6.45) is 0. The van der Waals surface area contributed by atoms with Gasteiger partial charge in [-0.15, -0.1) is 0 Å². The summed E-state index contributed by atoms with van der Waals surface area (Å²) in [4.78, 5) is 39.1. The standard InChI is InChI=1S/C24H23N7O3S/c1-15(32)27-17-7-5-16(6-8-17)21-19(13-25)22(26)30-24(29-21)35-14-18-3-2-4-20(28-18)23(33)31-9-11-34-12-10-31/h2-8H,9-12,14H2,1H3,(H,27,32)(H2,26,29,30). The number of nitriles is 1. The van der Waals surface area contributed by atoms with Gasteiger partial charge in [-0.25, -0.2) is 15.0 Å². The molecule has 1 saturated heterocycles. The Bertz CT molecular complexity index is 1290. The number of nitrogens with two attached hydrogens (primary N) is 1. The van der Waals surface area contributed by atoms with Crippen LogP contribution in [0.2, 0.25) is 0 Å². The number of ether oxygens (including phenoxy) is 1. The minimum absolute atomic E-state index is 0.0788. The molecule has 0 bridgehead atoms. The van der Waals surface area contributed by atoms with E-state index in [4.69, 9.17) is 10.5 Å². The number of morpholine rings is 1. The molecule has 1 aliphatic rings. The molecule has 3 heterocycles. The second-order valence-corrected chi connectivity index (χ2v) is 8.64. The molecule has 1 fully saturated rings. The Hall–Kier alpha value is -4.01. The van der Waals surface area contributed by atoms with E-state index in [1.54, 1.807) is 41.3 Å². The van der Waals surface area contributed by atoms with Gasteiger partial charge < -0.3 is 20.7 Å². The van der Waals surface area contributed by atoms with Crippen molar-refractivity contribution >= 4 is 35.1 Å². The van der Waals surface area contributed by atoms with E-state index in [0.717, 1.165) is 0 Å². The zero-order valence-corrected chi connectivity index (χ0v) is 19.8. The number of nitrogens with one attached hydrogen (secondary N) is 1. The number of amides is 2. The Morgan fingerprint density at radius 3 is 2.57 bits per heavy atom. The van der Waals surface area contributed by atoms with E-state index >= 15 is 0 Å².